The van der Waals surface area contributed by atoms with Crippen molar-refractivity contribution in [1.29, 1.82) is 0 Å². The summed E-state index contributed by atoms with van der Waals surface area (Å²) in [7, 11) is 0. The summed E-state index contributed by atoms with van der Waals surface area (Å²) in [6, 6.07) is 17.8. The average Bonchev–Trinajstić information content (AvgIpc) is 3.15. The molecule has 0 aliphatic heterocycles. The topological polar surface area (TPSA) is 44.0 Å². The largest absolute Gasteiger partial charge is 0.336 e. The van der Waals surface area contributed by atoms with Crippen LogP contribution < -0.4 is 11.2 Å². The zero-order valence-corrected chi connectivity index (χ0v) is 17.2. The molecular formula is C24H16F2N2O2S. The lowest BCUT2D eigenvalue weighted by Crippen LogP contribution is -2.38. The van der Waals surface area contributed by atoms with E-state index in [-0.39, 0.29) is 12.2 Å². The van der Waals surface area contributed by atoms with Crippen molar-refractivity contribution in [2.75, 3.05) is 0 Å². The van der Waals surface area contributed by atoms with Gasteiger partial charge in [-0.1, -0.05) is 42.5 Å². The highest BCUT2D eigenvalue weighted by molar-refractivity contribution is 7.25. The first-order valence-electron chi connectivity index (χ1n) is 9.63. The van der Waals surface area contributed by atoms with E-state index in [1.807, 2.05) is 24.3 Å². The van der Waals surface area contributed by atoms with E-state index >= 15 is 0 Å². The molecule has 0 spiro atoms. The van der Waals surface area contributed by atoms with Crippen LogP contribution in [0.4, 0.5) is 8.78 Å². The molecule has 5 rings (SSSR count). The Morgan fingerprint density at radius 3 is 2.42 bits per heavy atom. The van der Waals surface area contributed by atoms with Crippen LogP contribution in [0.5, 0.6) is 0 Å². The van der Waals surface area contributed by atoms with Crippen molar-refractivity contribution < 1.29 is 8.78 Å². The third-order valence-corrected chi connectivity index (χ3v) is 6.51. The van der Waals surface area contributed by atoms with Crippen molar-refractivity contribution in [2.45, 2.75) is 13.5 Å². The van der Waals surface area contributed by atoms with E-state index in [1.165, 1.54) is 40.2 Å². The van der Waals surface area contributed by atoms with E-state index in [2.05, 4.69) is 0 Å². The molecule has 4 nitrogen and oxygen atoms in total. The van der Waals surface area contributed by atoms with Gasteiger partial charge in [-0.15, -0.1) is 11.3 Å². The highest BCUT2D eigenvalue weighted by atomic mass is 32.1. The maximum Gasteiger partial charge on any atom is 0.336 e. The minimum atomic E-state index is -0.646. The smallest absolute Gasteiger partial charge is 0.287 e. The second-order valence-corrected chi connectivity index (χ2v) is 8.36. The maximum atomic E-state index is 14.4. The van der Waals surface area contributed by atoms with Gasteiger partial charge in [-0.05, 0) is 36.8 Å². The second kappa shape index (κ2) is 7.28. The molecule has 31 heavy (non-hydrogen) atoms. The number of rotatable bonds is 3. The van der Waals surface area contributed by atoms with Crippen LogP contribution in [0.25, 0.3) is 26.0 Å². The van der Waals surface area contributed by atoms with Crippen LogP contribution >= 0.6 is 11.3 Å². The molecule has 154 valence electrons. The Bertz CT molecular complexity index is 1600. The van der Waals surface area contributed by atoms with Gasteiger partial charge in [0.1, 0.15) is 16.3 Å². The predicted octanol–water partition coefficient (Wildman–Crippen LogP) is 5.00. The summed E-state index contributed by atoms with van der Waals surface area (Å²) < 4.78 is 32.2. The normalized spacial score (nSPS) is 11.5. The first-order valence-corrected chi connectivity index (χ1v) is 10.4. The number of hydrogen-bond donors (Lipinski definition) is 0. The van der Waals surface area contributed by atoms with Crippen molar-refractivity contribution in [1.82, 2.24) is 9.13 Å². The van der Waals surface area contributed by atoms with Crippen LogP contribution in [0.1, 0.15) is 11.1 Å². The summed E-state index contributed by atoms with van der Waals surface area (Å²) in [5.74, 6) is -0.956. The molecule has 7 heteroatoms. The van der Waals surface area contributed by atoms with Crippen LogP contribution in [0.15, 0.2) is 76.3 Å². The standard InChI is InChI=1S/C24H16F2N2O2S/c1-14-10-11-16(12-19(14)26)28-23(29)22-21(17-7-3-5-9-20(17)31-22)27(24(28)30)13-15-6-2-4-8-18(15)25/h2-12H,13H2,1H3. The Kier molecular flexibility index (Phi) is 4.55. The molecular weight excluding hydrogens is 418 g/mol. The fraction of sp³-hybridized carbons (Fsp3) is 0.0833. The molecule has 0 saturated carbocycles. The van der Waals surface area contributed by atoms with Gasteiger partial charge in [0.15, 0.2) is 0 Å². The van der Waals surface area contributed by atoms with Gasteiger partial charge in [-0.25, -0.2) is 18.1 Å². The number of thiophene rings is 1. The van der Waals surface area contributed by atoms with Gasteiger partial charge >= 0.3 is 5.69 Å². The Labute approximate surface area is 179 Å². The zero-order chi connectivity index (χ0) is 21.7. The van der Waals surface area contributed by atoms with Crippen LogP contribution in [0, 0.1) is 18.6 Å². The lowest BCUT2D eigenvalue weighted by molar-refractivity contribution is 0.594. The minimum absolute atomic E-state index is 0.0582. The highest BCUT2D eigenvalue weighted by Gasteiger charge is 2.20. The molecule has 0 N–H and O–H groups in total. The van der Waals surface area contributed by atoms with Gasteiger partial charge in [-0.2, -0.15) is 0 Å². The zero-order valence-electron chi connectivity index (χ0n) is 16.4. The Morgan fingerprint density at radius 1 is 0.903 bits per heavy atom. The number of benzene rings is 3. The Balaban J connectivity index is 1.91. The van der Waals surface area contributed by atoms with E-state index < -0.39 is 22.9 Å². The summed E-state index contributed by atoms with van der Waals surface area (Å²) in [4.78, 5) is 26.9. The second-order valence-electron chi connectivity index (χ2n) is 7.31. The monoisotopic (exact) mass is 434 g/mol. The maximum absolute atomic E-state index is 14.4. The first-order chi connectivity index (χ1) is 15.0. The average molecular weight is 434 g/mol. The molecule has 0 aliphatic carbocycles. The van der Waals surface area contributed by atoms with Crippen LogP contribution in [0.3, 0.4) is 0 Å². The lowest BCUT2D eigenvalue weighted by Gasteiger charge is -2.13. The molecule has 0 amide bonds. The number of fused-ring (bicyclic) bond motifs is 3. The van der Waals surface area contributed by atoms with Crippen molar-refractivity contribution in [3.63, 3.8) is 0 Å². The molecule has 3 aromatic carbocycles. The number of nitrogens with zero attached hydrogens (tertiary/aromatic N) is 2. The number of hydrogen-bond acceptors (Lipinski definition) is 3. The van der Waals surface area contributed by atoms with Crippen molar-refractivity contribution in [3.8, 4) is 5.69 Å². The SMILES string of the molecule is Cc1ccc(-n2c(=O)c3sc4ccccc4c3n(Cc3ccccc3F)c2=O)cc1F. The van der Waals surface area contributed by atoms with Crippen molar-refractivity contribution in [3.05, 3.63) is 110 Å². The molecule has 0 aliphatic rings. The van der Waals surface area contributed by atoms with Gasteiger partial charge < -0.3 is 0 Å². The van der Waals surface area contributed by atoms with E-state index in [1.54, 1.807) is 25.1 Å². The Morgan fingerprint density at radius 2 is 1.65 bits per heavy atom. The quantitative estimate of drug-likeness (QED) is 0.401. The third-order valence-electron chi connectivity index (χ3n) is 5.36. The summed E-state index contributed by atoms with van der Waals surface area (Å²) >= 11 is 1.26. The predicted molar refractivity (Wildman–Crippen MR) is 119 cm³/mol. The van der Waals surface area contributed by atoms with E-state index in [0.717, 1.165) is 14.7 Å². The summed E-state index contributed by atoms with van der Waals surface area (Å²) in [5, 5.41) is 0.746. The molecule has 5 aromatic rings. The van der Waals surface area contributed by atoms with Gasteiger partial charge in [0.05, 0.1) is 17.7 Å². The van der Waals surface area contributed by atoms with Gasteiger partial charge in [0.25, 0.3) is 5.56 Å². The first kappa shape index (κ1) is 19.4. The number of aromatic nitrogens is 2. The van der Waals surface area contributed by atoms with Crippen molar-refractivity contribution >= 4 is 31.6 Å². The van der Waals surface area contributed by atoms with E-state index in [4.69, 9.17) is 0 Å². The molecule has 0 saturated heterocycles. The number of aryl methyl sites for hydroxylation is 1. The van der Waals surface area contributed by atoms with Crippen LogP contribution in [-0.2, 0) is 6.54 Å². The summed E-state index contributed by atoms with van der Waals surface area (Å²) in [6.45, 7) is 1.55. The molecule has 0 radical (unpaired) electrons. The molecule has 0 unspecified atom stereocenters. The van der Waals surface area contributed by atoms with Gasteiger partial charge in [0, 0.05) is 15.6 Å². The third kappa shape index (κ3) is 3.09. The minimum Gasteiger partial charge on any atom is -0.287 e. The lowest BCUT2D eigenvalue weighted by atomic mass is 10.2. The molecule has 0 atom stereocenters. The molecule has 2 aromatic heterocycles. The summed E-state index contributed by atoms with van der Waals surface area (Å²) in [5.41, 5.74) is 0.164. The van der Waals surface area contributed by atoms with E-state index in [0.29, 0.717) is 21.3 Å². The van der Waals surface area contributed by atoms with Gasteiger partial charge in [-0.3, -0.25) is 9.36 Å². The van der Waals surface area contributed by atoms with Crippen molar-refractivity contribution in [2.24, 2.45) is 0 Å². The fourth-order valence-electron chi connectivity index (χ4n) is 3.74. The van der Waals surface area contributed by atoms with Gasteiger partial charge in [0.2, 0.25) is 0 Å². The molecule has 2 heterocycles. The molecule has 0 fully saturated rings. The molecule has 0 bridgehead atoms. The fourth-order valence-corrected chi connectivity index (χ4v) is 4.88. The highest BCUT2D eigenvalue weighted by Crippen LogP contribution is 2.31. The van der Waals surface area contributed by atoms with Crippen LogP contribution in [0.2, 0.25) is 0 Å². The number of halogens is 2. The van der Waals surface area contributed by atoms with Crippen LogP contribution in [-0.4, -0.2) is 9.13 Å². The Hall–Kier alpha value is -3.58. The summed E-state index contributed by atoms with van der Waals surface area (Å²) in [6.07, 6.45) is 0. The van der Waals surface area contributed by atoms with E-state index in [9.17, 15) is 18.4 Å².